The molecule has 10 heteroatoms. The molecule has 0 spiro atoms. The number of anilines is 1. The van der Waals surface area contributed by atoms with Gasteiger partial charge in [-0.2, -0.15) is 0 Å². The van der Waals surface area contributed by atoms with Crippen molar-refractivity contribution in [3.63, 3.8) is 0 Å². The van der Waals surface area contributed by atoms with E-state index < -0.39 is 5.91 Å². The highest BCUT2D eigenvalue weighted by atomic mass is 32.1. The summed E-state index contributed by atoms with van der Waals surface area (Å²) >= 11 is 1.50. The lowest BCUT2D eigenvalue weighted by molar-refractivity contribution is -0.121. The second-order valence-electron chi connectivity index (χ2n) is 6.56. The largest absolute Gasteiger partial charge is 0.378 e. The Labute approximate surface area is 161 Å². The second kappa shape index (κ2) is 8.49. The number of rotatable bonds is 5. The topological polar surface area (TPSA) is 110 Å². The number of aromatic nitrogens is 2. The van der Waals surface area contributed by atoms with Crippen LogP contribution in [0.3, 0.4) is 0 Å². The highest BCUT2D eigenvalue weighted by Crippen LogP contribution is 2.22. The number of amides is 2. The van der Waals surface area contributed by atoms with E-state index in [1.807, 2.05) is 19.2 Å². The molecule has 146 valence electrons. The number of carbonyl (C=O) groups excluding carboxylic acids is 2. The van der Waals surface area contributed by atoms with Crippen LogP contribution in [0.2, 0.25) is 0 Å². The van der Waals surface area contributed by atoms with Gasteiger partial charge in [-0.25, -0.2) is 4.98 Å². The highest BCUT2D eigenvalue weighted by Gasteiger charge is 2.23. The molecule has 0 aromatic carbocycles. The number of aryl methyl sites for hydroxylation is 1. The molecular formula is C17H23N5O4S. The van der Waals surface area contributed by atoms with E-state index in [0.29, 0.717) is 35.9 Å². The van der Waals surface area contributed by atoms with Crippen molar-refractivity contribution in [2.75, 3.05) is 31.2 Å². The Morgan fingerprint density at radius 3 is 2.74 bits per heavy atom. The molecule has 0 radical (unpaired) electrons. The maximum Gasteiger partial charge on any atom is 0.275 e. The first-order valence-electron chi connectivity index (χ1n) is 8.78. The Bertz CT molecular complexity index is 810. The van der Waals surface area contributed by atoms with Crippen LogP contribution in [0.5, 0.6) is 0 Å². The van der Waals surface area contributed by atoms with Gasteiger partial charge >= 0.3 is 0 Å². The number of nitrogens with one attached hydrogen (secondary N) is 2. The number of hydrazine groups is 1. The number of morpholine rings is 1. The molecule has 2 aromatic rings. The monoisotopic (exact) mass is 393 g/mol. The average molecular weight is 393 g/mol. The normalized spacial score (nSPS) is 14.4. The molecule has 9 nitrogen and oxygen atoms in total. The van der Waals surface area contributed by atoms with Gasteiger partial charge in [-0.3, -0.25) is 20.4 Å². The molecule has 2 aromatic heterocycles. The number of hydrogen-bond acceptors (Lipinski definition) is 8. The van der Waals surface area contributed by atoms with Gasteiger partial charge in [0.25, 0.3) is 5.91 Å². The molecule has 0 aliphatic carbocycles. The van der Waals surface area contributed by atoms with Gasteiger partial charge in [-0.15, -0.1) is 11.3 Å². The number of ether oxygens (including phenoxy) is 1. The van der Waals surface area contributed by atoms with E-state index in [-0.39, 0.29) is 18.2 Å². The number of thiazole rings is 1. The maximum absolute atomic E-state index is 12.4. The minimum Gasteiger partial charge on any atom is -0.378 e. The van der Waals surface area contributed by atoms with Crippen LogP contribution in [0.15, 0.2) is 9.90 Å². The van der Waals surface area contributed by atoms with Gasteiger partial charge in [0.1, 0.15) is 5.56 Å². The van der Waals surface area contributed by atoms with Gasteiger partial charge in [0, 0.05) is 24.4 Å². The standard InChI is InChI=1S/C17H23N5O4S/c1-10(2)15-14(11(3)21-26-15)16(24)20-19-13(23)8-12-9-27-17(18-12)22-4-6-25-7-5-22/h9-10H,4-8H2,1-3H3,(H,19,23)(H,20,24). The first-order valence-corrected chi connectivity index (χ1v) is 9.66. The zero-order valence-electron chi connectivity index (χ0n) is 15.6. The number of carbonyl (C=O) groups is 2. The summed E-state index contributed by atoms with van der Waals surface area (Å²) in [7, 11) is 0. The lowest BCUT2D eigenvalue weighted by Crippen LogP contribution is -2.42. The molecule has 0 unspecified atom stereocenters. The molecule has 0 saturated carbocycles. The van der Waals surface area contributed by atoms with Crippen molar-refractivity contribution in [3.8, 4) is 0 Å². The quantitative estimate of drug-likeness (QED) is 0.739. The van der Waals surface area contributed by atoms with Gasteiger partial charge in [-0.1, -0.05) is 19.0 Å². The van der Waals surface area contributed by atoms with Crippen molar-refractivity contribution in [2.24, 2.45) is 0 Å². The van der Waals surface area contributed by atoms with Crippen molar-refractivity contribution < 1.29 is 18.8 Å². The fraction of sp³-hybridized carbons (Fsp3) is 0.529. The van der Waals surface area contributed by atoms with E-state index in [0.717, 1.165) is 18.2 Å². The molecule has 0 atom stereocenters. The Kier molecular flexibility index (Phi) is 6.07. The van der Waals surface area contributed by atoms with Crippen LogP contribution >= 0.6 is 11.3 Å². The predicted octanol–water partition coefficient (Wildman–Crippen LogP) is 1.40. The van der Waals surface area contributed by atoms with E-state index >= 15 is 0 Å². The van der Waals surface area contributed by atoms with Crippen LogP contribution in [-0.4, -0.2) is 48.3 Å². The zero-order chi connectivity index (χ0) is 19.4. The molecule has 2 N–H and O–H groups in total. The van der Waals surface area contributed by atoms with Gasteiger partial charge in [0.15, 0.2) is 10.9 Å². The van der Waals surface area contributed by atoms with Crippen molar-refractivity contribution >= 4 is 28.3 Å². The van der Waals surface area contributed by atoms with Gasteiger partial charge in [0.2, 0.25) is 5.91 Å². The molecule has 1 saturated heterocycles. The SMILES string of the molecule is Cc1noc(C(C)C)c1C(=O)NNC(=O)Cc1csc(N2CCOCC2)n1. The zero-order valence-corrected chi connectivity index (χ0v) is 16.4. The van der Waals surface area contributed by atoms with Crippen LogP contribution in [0.4, 0.5) is 5.13 Å². The third-order valence-electron chi connectivity index (χ3n) is 4.12. The highest BCUT2D eigenvalue weighted by molar-refractivity contribution is 7.13. The van der Waals surface area contributed by atoms with Gasteiger partial charge in [-0.05, 0) is 6.92 Å². The number of hydrogen-bond donors (Lipinski definition) is 2. The summed E-state index contributed by atoms with van der Waals surface area (Å²) in [4.78, 5) is 31.1. The Morgan fingerprint density at radius 1 is 1.30 bits per heavy atom. The molecule has 27 heavy (non-hydrogen) atoms. The summed E-state index contributed by atoms with van der Waals surface area (Å²) in [5.74, 6) is -0.286. The summed E-state index contributed by atoms with van der Waals surface area (Å²) in [6.45, 7) is 8.46. The van der Waals surface area contributed by atoms with E-state index in [2.05, 4.69) is 25.9 Å². The first-order chi connectivity index (χ1) is 13.0. The maximum atomic E-state index is 12.4. The molecule has 0 bridgehead atoms. The van der Waals surface area contributed by atoms with E-state index in [4.69, 9.17) is 9.26 Å². The predicted molar refractivity (Wildman–Crippen MR) is 99.8 cm³/mol. The fourth-order valence-corrected chi connectivity index (χ4v) is 3.61. The van der Waals surface area contributed by atoms with Crippen molar-refractivity contribution in [1.82, 2.24) is 21.0 Å². The summed E-state index contributed by atoms with van der Waals surface area (Å²) in [6.07, 6.45) is 0.0841. The second-order valence-corrected chi connectivity index (χ2v) is 7.40. The van der Waals surface area contributed by atoms with E-state index in [1.54, 1.807) is 6.92 Å². The molecule has 3 rings (SSSR count). The van der Waals surface area contributed by atoms with Gasteiger partial charge < -0.3 is 14.2 Å². The minimum atomic E-state index is -0.446. The number of nitrogens with zero attached hydrogens (tertiary/aromatic N) is 3. The first kappa shape index (κ1) is 19.3. The third-order valence-corrected chi connectivity index (χ3v) is 5.07. The minimum absolute atomic E-state index is 0.0104. The lowest BCUT2D eigenvalue weighted by Gasteiger charge is -2.26. The fourth-order valence-electron chi connectivity index (χ4n) is 2.73. The molecular weight excluding hydrogens is 370 g/mol. The molecule has 3 heterocycles. The van der Waals surface area contributed by atoms with Crippen LogP contribution in [-0.2, 0) is 16.0 Å². The summed E-state index contributed by atoms with van der Waals surface area (Å²) in [5.41, 5.74) is 6.35. The molecule has 1 fully saturated rings. The van der Waals surface area contributed by atoms with Crippen molar-refractivity contribution in [3.05, 3.63) is 28.1 Å². The van der Waals surface area contributed by atoms with Crippen LogP contribution < -0.4 is 15.8 Å². The van der Waals surface area contributed by atoms with Crippen LogP contribution in [0, 0.1) is 6.92 Å². The average Bonchev–Trinajstić information content (AvgIpc) is 3.27. The summed E-state index contributed by atoms with van der Waals surface area (Å²) in [5, 5.41) is 6.57. The molecule has 2 amide bonds. The van der Waals surface area contributed by atoms with Crippen molar-refractivity contribution in [1.29, 1.82) is 0 Å². The Morgan fingerprint density at radius 2 is 2.04 bits per heavy atom. The van der Waals surface area contributed by atoms with E-state index in [9.17, 15) is 9.59 Å². The Balaban J connectivity index is 1.53. The summed E-state index contributed by atoms with van der Waals surface area (Å²) < 4.78 is 10.5. The van der Waals surface area contributed by atoms with Crippen LogP contribution in [0.1, 0.15) is 47.3 Å². The summed E-state index contributed by atoms with van der Waals surface area (Å²) in [6, 6.07) is 0. The Hall–Kier alpha value is -2.46. The van der Waals surface area contributed by atoms with Crippen LogP contribution in [0.25, 0.3) is 0 Å². The van der Waals surface area contributed by atoms with E-state index in [1.165, 1.54) is 11.3 Å². The molecule has 1 aliphatic heterocycles. The van der Waals surface area contributed by atoms with Gasteiger partial charge in [0.05, 0.1) is 31.0 Å². The lowest BCUT2D eigenvalue weighted by atomic mass is 10.1. The smallest absolute Gasteiger partial charge is 0.275 e. The molecule has 1 aliphatic rings. The third kappa shape index (κ3) is 4.64. The van der Waals surface area contributed by atoms with Crippen molar-refractivity contribution in [2.45, 2.75) is 33.1 Å².